The fourth-order valence-corrected chi connectivity index (χ4v) is 1.78. The number of nitrogens with zero attached hydrogens (tertiary/aromatic N) is 4. The summed E-state index contributed by atoms with van der Waals surface area (Å²) < 4.78 is 19.2. The molecule has 0 aliphatic carbocycles. The summed E-state index contributed by atoms with van der Waals surface area (Å²) in [5.41, 5.74) is 0.582. The maximum absolute atomic E-state index is 13.8. The van der Waals surface area contributed by atoms with Crippen LogP contribution in [0.4, 0.5) is 4.39 Å². The Morgan fingerprint density at radius 1 is 1.35 bits per heavy atom. The maximum Gasteiger partial charge on any atom is 0.234 e. The van der Waals surface area contributed by atoms with Crippen LogP contribution in [0, 0.1) is 17.1 Å². The van der Waals surface area contributed by atoms with Gasteiger partial charge in [0.05, 0.1) is 17.8 Å². The number of fused-ring (bicyclic) bond motifs is 1. The van der Waals surface area contributed by atoms with Gasteiger partial charge in [-0.05, 0) is 29.8 Å². The van der Waals surface area contributed by atoms with E-state index in [1.54, 1.807) is 0 Å². The van der Waals surface area contributed by atoms with Crippen molar-refractivity contribution in [1.82, 2.24) is 20.2 Å². The number of aromatic nitrogens is 4. The summed E-state index contributed by atoms with van der Waals surface area (Å²) in [5.74, 6) is -0.658. The molecule has 3 rings (SSSR count). The van der Waals surface area contributed by atoms with E-state index in [1.165, 1.54) is 18.3 Å². The summed E-state index contributed by atoms with van der Waals surface area (Å²) in [6.45, 7) is 0. The molecule has 0 aliphatic rings. The van der Waals surface area contributed by atoms with Gasteiger partial charge in [0.25, 0.3) is 0 Å². The Morgan fingerprint density at radius 2 is 2.20 bits per heavy atom. The van der Waals surface area contributed by atoms with Gasteiger partial charge >= 0.3 is 0 Å². The third-order valence-electron chi connectivity index (χ3n) is 2.52. The van der Waals surface area contributed by atoms with E-state index in [9.17, 15) is 4.39 Å². The molecule has 0 unspecified atom stereocenters. The Balaban J connectivity index is 2.05. The predicted octanol–water partition coefficient (Wildman–Crippen LogP) is 2.81. The van der Waals surface area contributed by atoms with Crippen LogP contribution in [0.2, 0.25) is 5.28 Å². The van der Waals surface area contributed by atoms with Crippen LogP contribution in [-0.2, 0) is 0 Å². The largest absolute Gasteiger partial charge is 0.435 e. The van der Waals surface area contributed by atoms with Crippen LogP contribution in [0.1, 0.15) is 5.56 Å². The minimum atomic E-state index is -0.671. The van der Waals surface area contributed by atoms with Gasteiger partial charge < -0.3 is 4.74 Å². The zero-order valence-electron chi connectivity index (χ0n) is 9.76. The van der Waals surface area contributed by atoms with Crippen LogP contribution >= 0.6 is 11.6 Å². The van der Waals surface area contributed by atoms with Crippen LogP contribution in [0.3, 0.4) is 0 Å². The number of nitrogens with one attached hydrogen (secondary N) is 1. The number of hydrogen-bond donors (Lipinski definition) is 1. The van der Waals surface area contributed by atoms with E-state index in [0.717, 1.165) is 6.07 Å². The normalized spacial score (nSPS) is 10.4. The quantitative estimate of drug-likeness (QED) is 0.733. The van der Waals surface area contributed by atoms with Gasteiger partial charge in [0, 0.05) is 0 Å². The Morgan fingerprint density at radius 3 is 2.95 bits per heavy atom. The number of aromatic amines is 1. The lowest BCUT2D eigenvalue weighted by Crippen LogP contribution is -1.94. The first-order valence-electron chi connectivity index (χ1n) is 5.41. The second kappa shape index (κ2) is 4.75. The molecule has 0 atom stereocenters. The van der Waals surface area contributed by atoms with Gasteiger partial charge in [-0.25, -0.2) is 4.39 Å². The summed E-state index contributed by atoms with van der Waals surface area (Å²) in [5, 5.41) is 15.5. The van der Waals surface area contributed by atoms with Crippen molar-refractivity contribution in [1.29, 1.82) is 5.26 Å². The van der Waals surface area contributed by atoms with Crippen LogP contribution in [0.25, 0.3) is 11.0 Å². The first-order valence-corrected chi connectivity index (χ1v) is 5.79. The molecule has 1 N–H and O–H groups in total. The van der Waals surface area contributed by atoms with Crippen molar-refractivity contribution >= 4 is 22.6 Å². The topological polar surface area (TPSA) is 87.5 Å². The van der Waals surface area contributed by atoms with Crippen molar-refractivity contribution in [3.8, 4) is 17.7 Å². The standard InChI is InChI=1S/C12H5ClFN5O/c13-12-17-10-7(5-16-19-10)11(18-12)20-9-2-1-6(4-15)3-8(9)14/h1-3,5H,(H,16,17,18,19). The van der Waals surface area contributed by atoms with Gasteiger partial charge in [-0.2, -0.15) is 20.3 Å². The first kappa shape index (κ1) is 12.3. The molecule has 1 aromatic carbocycles. The van der Waals surface area contributed by atoms with Gasteiger partial charge in [-0.15, -0.1) is 0 Å². The van der Waals surface area contributed by atoms with Crippen molar-refractivity contribution in [2.24, 2.45) is 0 Å². The zero-order chi connectivity index (χ0) is 14.1. The molecule has 2 heterocycles. The van der Waals surface area contributed by atoms with Crippen LogP contribution < -0.4 is 4.74 Å². The smallest absolute Gasteiger partial charge is 0.234 e. The van der Waals surface area contributed by atoms with E-state index < -0.39 is 5.82 Å². The molecule has 3 aromatic rings. The average Bonchev–Trinajstić information content (AvgIpc) is 2.89. The molecule has 0 bridgehead atoms. The zero-order valence-corrected chi connectivity index (χ0v) is 10.5. The maximum atomic E-state index is 13.8. The molecule has 8 heteroatoms. The van der Waals surface area contributed by atoms with Gasteiger partial charge in [0.15, 0.2) is 17.2 Å². The van der Waals surface area contributed by atoms with Gasteiger partial charge in [0.1, 0.15) is 5.39 Å². The number of benzene rings is 1. The highest BCUT2D eigenvalue weighted by Crippen LogP contribution is 2.29. The summed E-state index contributed by atoms with van der Waals surface area (Å²) >= 11 is 5.75. The number of ether oxygens (including phenoxy) is 1. The lowest BCUT2D eigenvalue weighted by Gasteiger charge is -2.06. The van der Waals surface area contributed by atoms with E-state index in [4.69, 9.17) is 21.6 Å². The van der Waals surface area contributed by atoms with E-state index in [0.29, 0.717) is 11.0 Å². The number of rotatable bonds is 2. The fraction of sp³-hybridized carbons (Fsp3) is 0. The van der Waals surface area contributed by atoms with E-state index in [-0.39, 0.29) is 22.5 Å². The summed E-state index contributed by atoms with van der Waals surface area (Å²) in [4.78, 5) is 7.80. The van der Waals surface area contributed by atoms with Gasteiger partial charge in [-0.1, -0.05) is 0 Å². The summed E-state index contributed by atoms with van der Waals surface area (Å²) in [6, 6.07) is 5.69. The second-order valence-electron chi connectivity index (χ2n) is 3.79. The molecule has 20 heavy (non-hydrogen) atoms. The van der Waals surface area contributed by atoms with Crippen molar-refractivity contribution in [3.63, 3.8) is 0 Å². The first-order chi connectivity index (χ1) is 9.67. The van der Waals surface area contributed by atoms with E-state index >= 15 is 0 Å². The number of H-pyrrole nitrogens is 1. The third kappa shape index (κ3) is 2.13. The monoisotopic (exact) mass is 289 g/mol. The fourth-order valence-electron chi connectivity index (χ4n) is 1.62. The molecule has 0 spiro atoms. The Hall–Kier alpha value is -2.72. The highest BCUT2D eigenvalue weighted by atomic mass is 35.5. The van der Waals surface area contributed by atoms with Crippen molar-refractivity contribution in [2.75, 3.05) is 0 Å². The molecule has 0 amide bonds. The SMILES string of the molecule is N#Cc1ccc(Oc2nc(Cl)nc3[nH]ncc23)c(F)c1. The van der Waals surface area contributed by atoms with Crippen LogP contribution in [-0.4, -0.2) is 20.2 Å². The molecule has 0 fully saturated rings. The highest BCUT2D eigenvalue weighted by molar-refractivity contribution is 6.28. The van der Waals surface area contributed by atoms with Gasteiger partial charge in [0.2, 0.25) is 11.2 Å². The Bertz CT molecular complexity index is 841. The molecule has 0 aliphatic heterocycles. The third-order valence-corrected chi connectivity index (χ3v) is 2.68. The van der Waals surface area contributed by atoms with E-state index in [2.05, 4.69) is 20.2 Å². The Labute approximate surface area is 116 Å². The van der Waals surface area contributed by atoms with Crippen LogP contribution in [0.5, 0.6) is 11.6 Å². The molecule has 0 radical (unpaired) electrons. The molecule has 98 valence electrons. The predicted molar refractivity (Wildman–Crippen MR) is 67.9 cm³/mol. The molecule has 6 nitrogen and oxygen atoms in total. The number of nitriles is 1. The van der Waals surface area contributed by atoms with E-state index in [1.807, 2.05) is 6.07 Å². The number of hydrogen-bond acceptors (Lipinski definition) is 5. The van der Waals surface area contributed by atoms with Crippen LogP contribution in [0.15, 0.2) is 24.4 Å². The lowest BCUT2D eigenvalue weighted by molar-refractivity contribution is 0.431. The highest BCUT2D eigenvalue weighted by Gasteiger charge is 2.13. The van der Waals surface area contributed by atoms with Gasteiger partial charge in [-0.3, -0.25) is 5.10 Å². The van der Waals surface area contributed by atoms with Crippen molar-refractivity contribution in [3.05, 3.63) is 41.1 Å². The Kier molecular flexibility index (Phi) is 2.93. The minimum absolute atomic E-state index is 0.0502. The molecular formula is C12H5ClFN5O. The minimum Gasteiger partial charge on any atom is -0.435 e. The molecule has 2 aromatic heterocycles. The number of halogens is 2. The molecular weight excluding hydrogens is 285 g/mol. The average molecular weight is 290 g/mol. The summed E-state index contributed by atoms with van der Waals surface area (Å²) in [6.07, 6.45) is 1.45. The lowest BCUT2D eigenvalue weighted by atomic mass is 10.2. The summed E-state index contributed by atoms with van der Waals surface area (Å²) in [7, 11) is 0. The van der Waals surface area contributed by atoms with Crippen molar-refractivity contribution in [2.45, 2.75) is 0 Å². The molecule has 0 saturated heterocycles. The second-order valence-corrected chi connectivity index (χ2v) is 4.13. The molecule has 0 saturated carbocycles. The van der Waals surface area contributed by atoms with Crippen molar-refractivity contribution < 1.29 is 9.13 Å².